The summed E-state index contributed by atoms with van der Waals surface area (Å²) >= 11 is 0. The van der Waals surface area contributed by atoms with Gasteiger partial charge in [0.1, 0.15) is 25.2 Å². The highest BCUT2D eigenvalue weighted by molar-refractivity contribution is 5.95. The third-order valence-corrected chi connectivity index (χ3v) is 5.34. The fourth-order valence-corrected chi connectivity index (χ4v) is 3.56. The molecule has 0 aliphatic heterocycles. The Kier molecular flexibility index (Phi) is 7.33. The molecule has 2 heterocycles. The predicted molar refractivity (Wildman–Crippen MR) is 130 cm³/mol. The van der Waals surface area contributed by atoms with Gasteiger partial charge in [0.15, 0.2) is 17.4 Å². The lowest BCUT2D eigenvalue weighted by Crippen LogP contribution is -2.18. The normalized spacial score (nSPS) is 11.8. The number of H-pyrrole nitrogens is 1. The van der Waals surface area contributed by atoms with E-state index in [-0.39, 0.29) is 35.5 Å². The van der Waals surface area contributed by atoms with Crippen molar-refractivity contribution in [2.24, 2.45) is 5.73 Å². The molecule has 4 aromatic rings. The zero-order valence-electron chi connectivity index (χ0n) is 19.3. The van der Waals surface area contributed by atoms with Crippen molar-refractivity contribution in [3.63, 3.8) is 0 Å². The monoisotopic (exact) mass is 494 g/mol. The number of ether oxygens (including phenoxy) is 1. The molecule has 0 fully saturated rings. The van der Waals surface area contributed by atoms with Gasteiger partial charge in [-0.1, -0.05) is 13.0 Å². The molecule has 0 amide bonds. The van der Waals surface area contributed by atoms with Crippen molar-refractivity contribution < 1.29 is 13.5 Å². The van der Waals surface area contributed by atoms with Crippen LogP contribution < -0.4 is 21.5 Å². The van der Waals surface area contributed by atoms with Crippen molar-refractivity contribution in [2.75, 3.05) is 18.6 Å². The molecule has 4 rings (SSSR count). The second kappa shape index (κ2) is 10.8. The molecule has 2 aromatic carbocycles. The standard InChI is InChI=1S/C24H24F2N8O2/c1-2-14-12-17(19(26)18(13-14)36-11-8-25)20(31-16-6-4-15(5-7-16)21(27)28)22-32-24(35)34(33-22)23-29-9-3-10-30-23/h3-7,9-10,12-13,20,31H,2,8,11H2,1H3,(H3,27,28)(H,32,33,35). The Morgan fingerprint density at radius 2 is 1.97 bits per heavy atom. The Morgan fingerprint density at radius 3 is 2.61 bits per heavy atom. The second-order valence-electron chi connectivity index (χ2n) is 7.73. The predicted octanol–water partition coefficient (Wildman–Crippen LogP) is 2.89. The highest BCUT2D eigenvalue weighted by Crippen LogP contribution is 2.32. The van der Waals surface area contributed by atoms with Crippen molar-refractivity contribution >= 4 is 11.5 Å². The SMILES string of the molecule is CCc1cc(OCCF)c(F)c(C(Nc2ccc(C(=N)N)cc2)c2nn(-c3ncccn3)c(=O)[nH]2)c1. The average Bonchev–Trinajstić information content (AvgIpc) is 3.28. The Labute approximate surface area is 204 Å². The molecule has 0 radical (unpaired) electrons. The number of nitrogens with two attached hydrogens (primary N) is 1. The van der Waals surface area contributed by atoms with E-state index < -0.39 is 24.2 Å². The number of nitrogen functional groups attached to an aromatic ring is 1. The van der Waals surface area contributed by atoms with Crippen molar-refractivity contribution in [2.45, 2.75) is 19.4 Å². The van der Waals surface area contributed by atoms with Crippen LogP contribution in [0, 0.1) is 11.2 Å². The molecule has 12 heteroatoms. The molecule has 5 N–H and O–H groups in total. The maximum atomic E-state index is 15.7. The van der Waals surface area contributed by atoms with E-state index >= 15 is 4.39 Å². The highest BCUT2D eigenvalue weighted by Gasteiger charge is 2.26. The van der Waals surface area contributed by atoms with Gasteiger partial charge in [0.05, 0.1) is 0 Å². The largest absolute Gasteiger partial charge is 0.488 e. The van der Waals surface area contributed by atoms with E-state index in [0.717, 1.165) is 10.2 Å². The number of halogens is 2. The van der Waals surface area contributed by atoms with Gasteiger partial charge in [-0.3, -0.25) is 10.4 Å². The molecule has 1 unspecified atom stereocenters. The van der Waals surface area contributed by atoms with Gasteiger partial charge >= 0.3 is 5.69 Å². The van der Waals surface area contributed by atoms with E-state index in [1.165, 1.54) is 18.5 Å². The second-order valence-corrected chi connectivity index (χ2v) is 7.73. The zero-order chi connectivity index (χ0) is 25.7. The van der Waals surface area contributed by atoms with Crippen molar-refractivity contribution in [3.8, 4) is 11.7 Å². The first-order chi connectivity index (χ1) is 17.4. The Bertz CT molecular complexity index is 1400. The zero-order valence-corrected chi connectivity index (χ0v) is 19.3. The number of hydrogen-bond acceptors (Lipinski definition) is 7. The Hall–Kier alpha value is -4.61. The summed E-state index contributed by atoms with van der Waals surface area (Å²) in [7, 11) is 0. The van der Waals surface area contributed by atoms with Crippen LogP contribution in [0.4, 0.5) is 14.5 Å². The molecule has 0 aliphatic rings. The lowest BCUT2D eigenvalue weighted by atomic mass is 10.00. The number of aryl methyl sites for hydroxylation is 1. The summed E-state index contributed by atoms with van der Waals surface area (Å²) in [5.74, 6) is -0.782. The first-order valence-corrected chi connectivity index (χ1v) is 11.1. The van der Waals surface area contributed by atoms with Crippen molar-refractivity contribution in [3.05, 3.63) is 93.7 Å². The van der Waals surface area contributed by atoms with E-state index in [1.54, 1.807) is 36.4 Å². The number of aromatic nitrogens is 5. The maximum absolute atomic E-state index is 15.7. The van der Waals surface area contributed by atoms with Gasteiger partial charge in [0.25, 0.3) is 5.95 Å². The molecule has 186 valence electrons. The van der Waals surface area contributed by atoms with Gasteiger partial charge in [-0.05, 0) is 48.4 Å². The molecule has 0 saturated heterocycles. The van der Waals surface area contributed by atoms with E-state index in [9.17, 15) is 9.18 Å². The van der Waals surface area contributed by atoms with Gasteiger partial charge < -0.3 is 15.8 Å². The quantitative estimate of drug-likeness (QED) is 0.196. The first-order valence-electron chi connectivity index (χ1n) is 11.1. The van der Waals surface area contributed by atoms with Gasteiger partial charge in [0, 0.05) is 29.2 Å². The maximum Gasteiger partial charge on any atom is 0.350 e. The lowest BCUT2D eigenvalue weighted by molar-refractivity contribution is 0.261. The van der Waals surface area contributed by atoms with Crippen molar-refractivity contribution in [1.82, 2.24) is 24.7 Å². The van der Waals surface area contributed by atoms with Gasteiger partial charge in [-0.2, -0.15) is 0 Å². The molecule has 0 saturated carbocycles. The van der Waals surface area contributed by atoms with Crippen LogP contribution in [0.2, 0.25) is 0 Å². The Balaban J connectivity index is 1.84. The van der Waals surface area contributed by atoms with Gasteiger partial charge in [-0.15, -0.1) is 9.78 Å². The van der Waals surface area contributed by atoms with Crippen LogP contribution in [-0.2, 0) is 6.42 Å². The minimum Gasteiger partial charge on any atom is -0.488 e. The molecular formula is C24H24F2N8O2. The summed E-state index contributed by atoms with van der Waals surface area (Å²) in [6.07, 6.45) is 3.49. The summed E-state index contributed by atoms with van der Waals surface area (Å²) in [4.78, 5) is 23.4. The van der Waals surface area contributed by atoms with Crippen LogP contribution in [-0.4, -0.2) is 43.8 Å². The van der Waals surface area contributed by atoms with Crippen LogP contribution in [0.15, 0.2) is 59.7 Å². The molecule has 0 spiro atoms. The van der Waals surface area contributed by atoms with E-state index in [4.69, 9.17) is 15.9 Å². The van der Waals surface area contributed by atoms with Gasteiger partial charge in [-0.25, -0.2) is 23.5 Å². The fraction of sp³-hybridized carbons (Fsp3) is 0.208. The number of anilines is 1. The number of rotatable bonds is 10. The van der Waals surface area contributed by atoms with E-state index in [0.29, 0.717) is 17.7 Å². The van der Waals surface area contributed by atoms with Crippen LogP contribution in [0.3, 0.4) is 0 Å². The number of amidine groups is 1. The third kappa shape index (κ3) is 5.22. The number of aromatic amines is 1. The smallest absolute Gasteiger partial charge is 0.350 e. The third-order valence-electron chi connectivity index (χ3n) is 5.34. The fourth-order valence-electron chi connectivity index (χ4n) is 3.56. The topological polar surface area (TPSA) is 148 Å². The summed E-state index contributed by atoms with van der Waals surface area (Å²) < 4.78 is 34.7. The minimum absolute atomic E-state index is 0.0457. The highest BCUT2D eigenvalue weighted by atomic mass is 19.1. The van der Waals surface area contributed by atoms with E-state index in [1.807, 2.05) is 6.92 Å². The van der Waals surface area contributed by atoms with E-state index in [2.05, 4.69) is 25.4 Å². The summed E-state index contributed by atoms with van der Waals surface area (Å²) in [5, 5.41) is 15.1. The Morgan fingerprint density at radius 1 is 1.25 bits per heavy atom. The average molecular weight is 495 g/mol. The summed E-state index contributed by atoms with van der Waals surface area (Å²) in [5.41, 5.74) is 6.86. The van der Waals surface area contributed by atoms with Crippen molar-refractivity contribution in [1.29, 1.82) is 5.41 Å². The lowest BCUT2D eigenvalue weighted by Gasteiger charge is -2.21. The van der Waals surface area contributed by atoms with Gasteiger partial charge in [0.2, 0.25) is 0 Å². The summed E-state index contributed by atoms with van der Waals surface area (Å²) in [6, 6.07) is 10.4. The number of nitrogens with zero attached hydrogens (tertiary/aromatic N) is 4. The van der Waals surface area contributed by atoms with Crippen LogP contribution in [0.5, 0.6) is 5.75 Å². The summed E-state index contributed by atoms with van der Waals surface area (Å²) in [6.45, 7) is 0.817. The number of nitrogens with one attached hydrogen (secondary N) is 3. The molecule has 36 heavy (non-hydrogen) atoms. The first kappa shape index (κ1) is 24.5. The molecule has 0 bridgehead atoms. The number of hydrogen-bond donors (Lipinski definition) is 4. The molecule has 0 aliphatic carbocycles. The minimum atomic E-state index is -0.981. The molecule has 10 nitrogen and oxygen atoms in total. The van der Waals surface area contributed by atoms with Crippen LogP contribution in [0.25, 0.3) is 5.95 Å². The molecular weight excluding hydrogens is 470 g/mol. The van der Waals surface area contributed by atoms with Crippen LogP contribution in [0.1, 0.15) is 35.5 Å². The molecule has 2 aromatic heterocycles. The number of benzene rings is 2. The molecule has 1 atom stereocenters. The van der Waals surface area contributed by atoms with Crippen LogP contribution >= 0.6 is 0 Å². The number of alkyl halides is 1.